The van der Waals surface area contributed by atoms with Gasteiger partial charge in [-0.15, -0.1) is 0 Å². The van der Waals surface area contributed by atoms with Crippen LogP contribution in [0.15, 0.2) is 23.8 Å². The Kier molecular flexibility index (Phi) is 2.47. The first kappa shape index (κ1) is 8.05. The van der Waals surface area contributed by atoms with Crippen molar-refractivity contribution in [3.05, 3.63) is 29.7 Å². The lowest BCUT2D eigenvalue weighted by molar-refractivity contribution is -0.134. The van der Waals surface area contributed by atoms with Crippen molar-refractivity contribution in [2.24, 2.45) is 0 Å². The average Bonchev–Trinajstić information content (AvgIpc) is 2.05. The van der Waals surface area contributed by atoms with Crippen LogP contribution in [0.1, 0.15) is 19.8 Å². The Morgan fingerprint density at radius 2 is 2.36 bits per heavy atom. The Morgan fingerprint density at radius 1 is 1.64 bits per heavy atom. The van der Waals surface area contributed by atoms with Gasteiger partial charge in [-0.1, -0.05) is 30.7 Å². The zero-order chi connectivity index (χ0) is 8.27. The van der Waals surface area contributed by atoms with E-state index in [2.05, 4.69) is 6.92 Å². The lowest BCUT2D eigenvalue weighted by atomic mass is 9.96. The molecule has 0 aromatic heterocycles. The van der Waals surface area contributed by atoms with Gasteiger partial charge in [-0.25, -0.2) is 0 Å². The molecule has 0 aromatic rings. The fraction of sp³-hybridized carbons (Fsp3) is 0.333. The molecular formula is C9H11O2. The molecule has 0 unspecified atom stereocenters. The predicted molar refractivity (Wildman–Crippen MR) is 43.0 cm³/mol. The Hall–Kier alpha value is -1.05. The summed E-state index contributed by atoms with van der Waals surface area (Å²) in [5.41, 5.74) is 1.22. The van der Waals surface area contributed by atoms with E-state index in [1.165, 1.54) is 5.57 Å². The molecule has 1 aliphatic rings. The average molecular weight is 151 g/mol. The lowest BCUT2D eigenvalue weighted by Crippen LogP contribution is -2.09. The molecule has 1 rings (SSSR count). The van der Waals surface area contributed by atoms with E-state index < -0.39 is 5.97 Å². The molecule has 0 aromatic carbocycles. The molecule has 11 heavy (non-hydrogen) atoms. The molecule has 1 aliphatic carbocycles. The first-order valence-corrected chi connectivity index (χ1v) is 3.70. The standard InChI is InChI=1S/C9H11O2/c1-2-7-3-5-8(6-4-7)9(10)11/h3-5H,2,6H2,1H3,(H,10,11). The third-order valence-electron chi connectivity index (χ3n) is 1.77. The first-order valence-electron chi connectivity index (χ1n) is 3.70. The van der Waals surface area contributed by atoms with Crippen molar-refractivity contribution in [2.45, 2.75) is 19.8 Å². The second-order valence-electron chi connectivity index (χ2n) is 2.50. The largest absolute Gasteiger partial charge is 0.481 e. The van der Waals surface area contributed by atoms with Crippen LogP contribution in [-0.2, 0) is 4.79 Å². The van der Waals surface area contributed by atoms with Crippen LogP contribution < -0.4 is 0 Å². The van der Waals surface area contributed by atoms with Crippen LogP contribution in [0, 0.1) is 5.92 Å². The quantitative estimate of drug-likeness (QED) is 0.654. The highest BCUT2D eigenvalue weighted by Gasteiger charge is 2.15. The lowest BCUT2D eigenvalue weighted by Gasteiger charge is -2.09. The van der Waals surface area contributed by atoms with Gasteiger partial charge in [0.2, 0.25) is 0 Å². The smallest absolute Gasteiger partial charge is 0.315 e. The summed E-state index contributed by atoms with van der Waals surface area (Å²) in [6, 6.07) is 0. The van der Waals surface area contributed by atoms with E-state index in [1.807, 2.05) is 12.2 Å². The minimum atomic E-state index is -0.812. The molecule has 0 amide bonds. The predicted octanol–water partition coefficient (Wildman–Crippen LogP) is 1.94. The van der Waals surface area contributed by atoms with E-state index in [-0.39, 0.29) is 0 Å². The molecule has 2 heteroatoms. The molecule has 0 fully saturated rings. The zero-order valence-electron chi connectivity index (χ0n) is 6.50. The molecule has 0 atom stereocenters. The molecule has 0 saturated carbocycles. The van der Waals surface area contributed by atoms with Crippen molar-refractivity contribution >= 4 is 5.97 Å². The fourth-order valence-electron chi connectivity index (χ4n) is 1.01. The third kappa shape index (κ3) is 1.93. The summed E-state index contributed by atoms with van der Waals surface area (Å²) in [5.74, 6) is -0.338. The van der Waals surface area contributed by atoms with Gasteiger partial charge in [-0.3, -0.25) is 4.79 Å². The highest BCUT2D eigenvalue weighted by atomic mass is 16.4. The molecule has 0 aliphatic heterocycles. The van der Waals surface area contributed by atoms with Crippen LogP contribution >= 0.6 is 0 Å². The molecular weight excluding hydrogens is 140 g/mol. The van der Waals surface area contributed by atoms with Gasteiger partial charge in [0, 0.05) is 0 Å². The summed E-state index contributed by atoms with van der Waals surface area (Å²) in [5, 5.41) is 8.58. The highest BCUT2D eigenvalue weighted by molar-refractivity contribution is 5.86. The Bertz CT molecular complexity index is 214. The number of hydrogen-bond donors (Lipinski definition) is 1. The van der Waals surface area contributed by atoms with Crippen LogP contribution in [0.25, 0.3) is 0 Å². The maximum Gasteiger partial charge on any atom is 0.315 e. The minimum Gasteiger partial charge on any atom is -0.481 e. The Morgan fingerprint density at radius 3 is 2.73 bits per heavy atom. The van der Waals surface area contributed by atoms with Gasteiger partial charge in [0.1, 0.15) is 5.92 Å². The van der Waals surface area contributed by atoms with Crippen molar-refractivity contribution < 1.29 is 9.90 Å². The van der Waals surface area contributed by atoms with Crippen LogP contribution in [0.3, 0.4) is 0 Å². The van der Waals surface area contributed by atoms with Crippen molar-refractivity contribution in [2.75, 3.05) is 0 Å². The summed E-state index contributed by atoms with van der Waals surface area (Å²) >= 11 is 0. The van der Waals surface area contributed by atoms with E-state index in [1.54, 1.807) is 6.08 Å². The summed E-state index contributed by atoms with van der Waals surface area (Å²) in [6.45, 7) is 2.06. The number of aliphatic carboxylic acids is 1. The van der Waals surface area contributed by atoms with Crippen LogP contribution in [0.4, 0.5) is 0 Å². The third-order valence-corrected chi connectivity index (χ3v) is 1.77. The summed E-state index contributed by atoms with van der Waals surface area (Å²) in [6.07, 6.45) is 7.05. The second-order valence-corrected chi connectivity index (χ2v) is 2.50. The van der Waals surface area contributed by atoms with Gasteiger partial charge in [0.15, 0.2) is 0 Å². The molecule has 0 saturated heterocycles. The van der Waals surface area contributed by atoms with Crippen LogP contribution in [-0.4, -0.2) is 11.1 Å². The van der Waals surface area contributed by atoms with E-state index >= 15 is 0 Å². The maximum absolute atomic E-state index is 10.4. The highest BCUT2D eigenvalue weighted by Crippen LogP contribution is 2.19. The Balaban J connectivity index is 2.57. The maximum atomic E-state index is 10.4. The molecule has 1 radical (unpaired) electrons. The number of carboxylic acids is 1. The van der Waals surface area contributed by atoms with Crippen molar-refractivity contribution in [3.8, 4) is 0 Å². The van der Waals surface area contributed by atoms with Crippen molar-refractivity contribution in [1.82, 2.24) is 0 Å². The van der Waals surface area contributed by atoms with Gasteiger partial charge < -0.3 is 5.11 Å². The van der Waals surface area contributed by atoms with Crippen molar-refractivity contribution in [3.63, 3.8) is 0 Å². The summed E-state index contributed by atoms with van der Waals surface area (Å²) in [7, 11) is 0. The van der Waals surface area contributed by atoms with Gasteiger partial charge in [-0.05, 0) is 12.8 Å². The summed E-state index contributed by atoms with van der Waals surface area (Å²) in [4.78, 5) is 10.4. The van der Waals surface area contributed by atoms with Gasteiger partial charge >= 0.3 is 5.97 Å². The fourth-order valence-corrected chi connectivity index (χ4v) is 1.01. The number of hydrogen-bond acceptors (Lipinski definition) is 1. The number of carboxylic acid groups (broad SMARTS) is 1. The second kappa shape index (κ2) is 3.37. The molecule has 59 valence electrons. The van der Waals surface area contributed by atoms with Crippen molar-refractivity contribution in [1.29, 1.82) is 0 Å². The molecule has 1 N–H and O–H groups in total. The number of carbonyl (C=O) groups is 1. The Labute approximate surface area is 66.2 Å². The monoisotopic (exact) mass is 151 g/mol. The van der Waals surface area contributed by atoms with E-state index in [9.17, 15) is 4.79 Å². The normalized spacial score (nSPS) is 18.1. The molecule has 0 heterocycles. The van der Waals surface area contributed by atoms with Gasteiger partial charge in [-0.2, -0.15) is 0 Å². The zero-order valence-corrected chi connectivity index (χ0v) is 6.50. The van der Waals surface area contributed by atoms with Crippen LogP contribution in [0.5, 0.6) is 0 Å². The number of allylic oxidation sites excluding steroid dienone is 3. The molecule has 2 nitrogen and oxygen atoms in total. The van der Waals surface area contributed by atoms with Gasteiger partial charge in [0.25, 0.3) is 0 Å². The molecule has 0 spiro atoms. The topological polar surface area (TPSA) is 37.3 Å². The first-order chi connectivity index (χ1) is 5.24. The van der Waals surface area contributed by atoms with Crippen LogP contribution in [0.2, 0.25) is 0 Å². The van der Waals surface area contributed by atoms with E-state index in [0.717, 1.165) is 6.42 Å². The summed E-state index contributed by atoms with van der Waals surface area (Å²) < 4.78 is 0. The SMILES string of the molecule is CCC1=CC[C](C(=O)O)C=C1. The van der Waals surface area contributed by atoms with E-state index in [4.69, 9.17) is 5.11 Å². The molecule has 0 bridgehead atoms. The van der Waals surface area contributed by atoms with Gasteiger partial charge in [0.05, 0.1) is 0 Å². The minimum absolute atomic E-state index is 0.474. The van der Waals surface area contributed by atoms with E-state index in [0.29, 0.717) is 12.3 Å². The number of rotatable bonds is 2.